The lowest BCUT2D eigenvalue weighted by molar-refractivity contribution is 1.37. The van der Waals surface area contributed by atoms with Crippen LogP contribution in [0.1, 0.15) is 16.7 Å². The summed E-state index contributed by atoms with van der Waals surface area (Å²) in [5.74, 6) is 0. The summed E-state index contributed by atoms with van der Waals surface area (Å²) in [6.45, 7) is 4.09. The normalized spacial score (nSPS) is 9.89. The van der Waals surface area contributed by atoms with Gasteiger partial charge in [0.05, 0.1) is 22.3 Å². The number of rotatable bonds is 2. The molecular formula is C15H13ClN2. The smallest absolute Gasteiger partial charge is 0.0992 e. The lowest BCUT2D eigenvalue weighted by atomic mass is 10.1. The van der Waals surface area contributed by atoms with Crippen molar-refractivity contribution < 1.29 is 0 Å². The zero-order valence-electron chi connectivity index (χ0n) is 10.3. The Morgan fingerprint density at radius 2 is 1.83 bits per heavy atom. The molecule has 0 spiro atoms. The van der Waals surface area contributed by atoms with Gasteiger partial charge in [-0.2, -0.15) is 5.26 Å². The first kappa shape index (κ1) is 12.5. The Morgan fingerprint density at radius 3 is 2.50 bits per heavy atom. The lowest BCUT2D eigenvalue weighted by Crippen LogP contribution is -1.94. The van der Waals surface area contributed by atoms with E-state index in [0.29, 0.717) is 10.6 Å². The van der Waals surface area contributed by atoms with Crippen LogP contribution in [0.15, 0.2) is 36.4 Å². The molecule has 0 unspecified atom stereocenters. The minimum atomic E-state index is 0.551. The SMILES string of the molecule is Cc1ccc(C)c(Nc2ccc(C#N)cc2Cl)c1. The van der Waals surface area contributed by atoms with Crippen molar-refractivity contribution in [1.82, 2.24) is 0 Å². The van der Waals surface area contributed by atoms with Crippen LogP contribution in [0.4, 0.5) is 11.4 Å². The molecule has 1 N–H and O–H groups in total. The van der Waals surface area contributed by atoms with E-state index < -0.39 is 0 Å². The van der Waals surface area contributed by atoms with Gasteiger partial charge < -0.3 is 5.32 Å². The van der Waals surface area contributed by atoms with E-state index in [9.17, 15) is 0 Å². The Bertz CT molecular complexity index is 627. The third-order valence-corrected chi connectivity index (χ3v) is 3.07. The van der Waals surface area contributed by atoms with Gasteiger partial charge in [-0.1, -0.05) is 23.7 Å². The molecular weight excluding hydrogens is 244 g/mol. The molecule has 0 saturated heterocycles. The maximum Gasteiger partial charge on any atom is 0.0992 e. The van der Waals surface area contributed by atoms with Gasteiger partial charge in [0.2, 0.25) is 0 Å². The second-order valence-corrected chi connectivity index (χ2v) is 4.66. The van der Waals surface area contributed by atoms with Gasteiger partial charge in [-0.15, -0.1) is 0 Å². The summed E-state index contributed by atoms with van der Waals surface area (Å²) >= 11 is 6.14. The second kappa shape index (κ2) is 5.12. The third-order valence-electron chi connectivity index (χ3n) is 2.76. The zero-order valence-corrected chi connectivity index (χ0v) is 11.0. The number of nitrogens with one attached hydrogen (secondary N) is 1. The molecule has 0 aromatic heterocycles. The minimum absolute atomic E-state index is 0.551. The van der Waals surface area contributed by atoms with Crippen LogP contribution in [0.2, 0.25) is 5.02 Å². The molecule has 0 amide bonds. The monoisotopic (exact) mass is 256 g/mol. The lowest BCUT2D eigenvalue weighted by Gasteiger charge is -2.12. The highest BCUT2D eigenvalue weighted by Gasteiger charge is 2.04. The van der Waals surface area contributed by atoms with Gasteiger partial charge in [-0.3, -0.25) is 0 Å². The van der Waals surface area contributed by atoms with Crippen LogP contribution in [-0.2, 0) is 0 Å². The molecule has 0 fully saturated rings. The highest BCUT2D eigenvalue weighted by atomic mass is 35.5. The molecule has 0 saturated carbocycles. The number of benzene rings is 2. The summed E-state index contributed by atoms with van der Waals surface area (Å²) in [4.78, 5) is 0. The van der Waals surface area contributed by atoms with Crippen molar-refractivity contribution in [2.45, 2.75) is 13.8 Å². The number of aryl methyl sites for hydroxylation is 2. The number of anilines is 2. The van der Waals surface area contributed by atoms with E-state index in [2.05, 4.69) is 29.6 Å². The maximum absolute atomic E-state index is 8.79. The molecule has 0 bridgehead atoms. The minimum Gasteiger partial charge on any atom is -0.354 e. The molecule has 3 heteroatoms. The Kier molecular flexibility index (Phi) is 3.55. The standard InChI is InChI=1S/C15H13ClN2/c1-10-3-4-11(2)15(7-10)18-14-6-5-12(9-17)8-13(14)16/h3-8,18H,1-2H3. The fourth-order valence-electron chi connectivity index (χ4n) is 1.70. The van der Waals surface area contributed by atoms with Gasteiger partial charge in [-0.05, 0) is 49.2 Å². The summed E-state index contributed by atoms with van der Waals surface area (Å²) in [5.41, 5.74) is 4.74. The molecule has 2 aromatic carbocycles. The zero-order chi connectivity index (χ0) is 13.1. The molecule has 90 valence electrons. The van der Waals surface area contributed by atoms with Gasteiger partial charge in [0.1, 0.15) is 0 Å². The fraction of sp³-hybridized carbons (Fsp3) is 0.133. The summed E-state index contributed by atoms with van der Waals surface area (Å²) < 4.78 is 0. The van der Waals surface area contributed by atoms with Crippen LogP contribution in [0.25, 0.3) is 0 Å². The topological polar surface area (TPSA) is 35.8 Å². The predicted octanol–water partition coefficient (Wildman–Crippen LogP) is 4.57. The number of hydrogen-bond acceptors (Lipinski definition) is 2. The van der Waals surface area contributed by atoms with Crippen molar-refractivity contribution in [3.8, 4) is 6.07 Å². The Hall–Kier alpha value is -1.98. The largest absolute Gasteiger partial charge is 0.354 e. The van der Waals surface area contributed by atoms with Gasteiger partial charge in [-0.25, -0.2) is 0 Å². The van der Waals surface area contributed by atoms with Crippen LogP contribution in [0.3, 0.4) is 0 Å². The van der Waals surface area contributed by atoms with Gasteiger partial charge in [0.15, 0.2) is 0 Å². The number of hydrogen-bond donors (Lipinski definition) is 1. The Labute approximate surface area is 112 Å². The molecule has 0 atom stereocenters. The quantitative estimate of drug-likeness (QED) is 0.854. The van der Waals surface area contributed by atoms with E-state index in [0.717, 1.165) is 16.9 Å². The van der Waals surface area contributed by atoms with Crippen LogP contribution >= 0.6 is 11.6 Å². The average molecular weight is 257 g/mol. The summed E-state index contributed by atoms with van der Waals surface area (Å²) in [7, 11) is 0. The van der Waals surface area contributed by atoms with Crippen LogP contribution < -0.4 is 5.32 Å². The van der Waals surface area contributed by atoms with E-state index >= 15 is 0 Å². The van der Waals surface area contributed by atoms with E-state index in [1.807, 2.05) is 19.9 Å². The van der Waals surface area contributed by atoms with E-state index in [4.69, 9.17) is 16.9 Å². The van der Waals surface area contributed by atoms with Crippen molar-refractivity contribution in [3.05, 3.63) is 58.1 Å². The van der Waals surface area contributed by atoms with Crippen LogP contribution in [0, 0.1) is 25.2 Å². The molecule has 0 aliphatic carbocycles. The molecule has 0 aliphatic heterocycles. The third kappa shape index (κ3) is 2.64. The Morgan fingerprint density at radius 1 is 1.06 bits per heavy atom. The molecule has 2 aromatic rings. The summed E-state index contributed by atoms with van der Waals surface area (Å²) in [6, 6.07) is 13.5. The number of nitriles is 1. The van der Waals surface area contributed by atoms with E-state index in [-0.39, 0.29) is 0 Å². The van der Waals surface area contributed by atoms with E-state index in [1.165, 1.54) is 5.56 Å². The molecule has 0 aliphatic rings. The fourth-order valence-corrected chi connectivity index (χ4v) is 1.93. The van der Waals surface area contributed by atoms with Gasteiger partial charge in [0.25, 0.3) is 0 Å². The van der Waals surface area contributed by atoms with Crippen molar-refractivity contribution in [3.63, 3.8) is 0 Å². The molecule has 2 nitrogen and oxygen atoms in total. The second-order valence-electron chi connectivity index (χ2n) is 4.25. The van der Waals surface area contributed by atoms with Crippen molar-refractivity contribution in [2.75, 3.05) is 5.32 Å². The van der Waals surface area contributed by atoms with E-state index in [1.54, 1.807) is 12.1 Å². The molecule has 18 heavy (non-hydrogen) atoms. The van der Waals surface area contributed by atoms with Crippen LogP contribution in [0.5, 0.6) is 0 Å². The summed E-state index contributed by atoms with van der Waals surface area (Å²) in [5, 5.41) is 12.6. The van der Waals surface area contributed by atoms with Gasteiger partial charge >= 0.3 is 0 Å². The van der Waals surface area contributed by atoms with Crippen LogP contribution in [-0.4, -0.2) is 0 Å². The first-order chi connectivity index (χ1) is 8.60. The molecule has 2 rings (SSSR count). The highest BCUT2D eigenvalue weighted by molar-refractivity contribution is 6.33. The predicted molar refractivity (Wildman–Crippen MR) is 75.4 cm³/mol. The van der Waals surface area contributed by atoms with Gasteiger partial charge in [0, 0.05) is 5.69 Å². The highest BCUT2D eigenvalue weighted by Crippen LogP contribution is 2.28. The molecule has 0 heterocycles. The average Bonchev–Trinajstić information content (AvgIpc) is 2.36. The first-order valence-corrected chi connectivity index (χ1v) is 6.02. The molecule has 0 radical (unpaired) electrons. The van der Waals surface area contributed by atoms with Crippen molar-refractivity contribution in [2.24, 2.45) is 0 Å². The first-order valence-electron chi connectivity index (χ1n) is 5.64. The van der Waals surface area contributed by atoms with Crippen molar-refractivity contribution >= 4 is 23.0 Å². The van der Waals surface area contributed by atoms with Crippen molar-refractivity contribution in [1.29, 1.82) is 5.26 Å². The summed E-state index contributed by atoms with van der Waals surface area (Å²) in [6.07, 6.45) is 0. The number of halogens is 1. The maximum atomic E-state index is 8.79. The Balaban J connectivity index is 2.34. The number of nitrogens with zero attached hydrogens (tertiary/aromatic N) is 1.